The van der Waals surface area contributed by atoms with Gasteiger partial charge in [-0.2, -0.15) is 0 Å². The molecular formula is C13H13NO4. The number of hydrogen-bond donors (Lipinski definition) is 2. The molecule has 0 fully saturated rings. The predicted molar refractivity (Wildman–Crippen MR) is 65.3 cm³/mol. The van der Waals surface area contributed by atoms with Crippen molar-refractivity contribution in [3.8, 4) is 0 Å². The van der Waals surface area contributed by atoms with Gasteiger partial charge >= 0.3 is 5.97 Å². The monoisotopic (exact) mass is 247 g/mol. The Balaban J connectivity index is 2.38. The summed E-state index contributed by atoms with van der Waals surface area (Å²) in [6.45, 7) is 1.79. The van der Waals surface area contributed by atoms with E-state index in [4.69, 9.17) is 9.52 Å². The molecule has 94 valence electrons. The van der Waals surface area contributed by atoms with Crippen molar-refractivity contribution in [3.05, 3.63) is 35.6 Å². The molecule has 1 atom stereocenters. The van der Waals surface area contributed by atoms with Crippen LogP contribution in [0.5, 0.6) is 0 Å². The molecular weight excluding hydrogens is 234 g/mol. The first-order valence-electron chi connectivity index (χ1n) is 5.53. The van der Waals surface area contributed by atoms with Crippen LogP contribution in [0, 0.1) is 6.92 Å². The van der Waals surface area contributed by atoms with Crippen molar-refractivity contribution >= 4 is 23.3 Å². The number of hydrogen-bond acceptors (Lipinski definition) is 3. The van der Waals surface area contributed by atoms with Crippen molar-refractivity contribution in [2.75, 3.05) is 0 Å². The first-order chi connectivity index (χ1) is 8.63. The third-order valence-corrected chi connectivity index (χ3v) is 2.88. The summed E-state index contributed by atoms with van der Waals surface area (Å²) < 4.78 is 5.55. The molecule has 2 aromatic rings. The Morgan fingerprint density at radius 2 is 2.22 bits per heavy atom. The molecule has 1 unspecified atom stereocenters. The number of para-hydroxylation sites is 1. The van der Waals surface area contributed by atoms with Gasteiger partial charge in [0.25, 0.3) is 0 Å². The molecule has 1 amide bonds. The van der Waals surface area contributed by atoms with Gasteiger partial charge in [-0.1, -0.05) is 18.2 Å². The maximum Gasteiger partial charge on any atom is 0.326 e. The van der Waals surface area contributed by atoms with Gasteiger partial charge in [-0.05, 0) is 13.0 Å². The van der Waals surface area contributed by atoms with Gasteiger partial charge in [0.05, 0.1) is 0 Å². The average molecular weight is 247 g/mol. The number of carbonyl (C=O) groups is 2. The zero-order valence-electron chi connectivity index (χ0n) is 9.84. The van der Waals surface area contributed by atoms with Crippen molar-refractivity contribution in [2.24, 2.45) is 0 Å². The summed E-state index contributed by atoms with van der Waals surface area (Å²) in [7, 11) is 0. The van der Waals surface area contributed by atoms with Crippen LogP contribution >= 0.6 is 0 Å². The number of carboxylic acids is 1. The number of rotatable bonds is 5. The molecule has 1 aromatic heterocycles. The van der Waals surface area contributed by atoms with E-state index in [1.54, 1.807) is 6.92 Å². The van der Waals surface area contributed by atoms with E-state index in [1.165, 1.54) is 0 Å². The van der Waals surface area contributed by atoms with Gasteiger partial charge in [-0.15, -0.1) is 0 Å². The highest BCUT2D eigenvalue weighted by Gasteiger charge is 2.21. The van der Waals surface area contributed by atoms with Gasteiger partial charge in [-0.25, -0.2) is 4.79 Å². The number of aliphatic carboxylic acids is 1. The average Bonchev–Trinajstić information content (AvgIpc) is 2.65. The molecule has 0 aliphatic heterocycles. The summed E-state index contributed by atoms with van der Waals surface area (Å²) in [5.41, 5.74) is 1.53. The Morgan fingerprint density at radius 3 is 2.89 bits per heavy atom. The maximum absolute atomic E-state index is 11.0. The standard InChI is InChI=1S/C13H13NO4/c1-8-10(6-11(13(16)17)14-7-15)9-4-2-3-5-12(9)18-8/h2-5,7,11H,6H2,1H3,(H,14,15)(H,16,17). The number of nitrogens with one attached hydrogen (secondary N) is 1. The van der Waals surface area contributed by atoms with Crippen LogP contribution in [0.25, 0.3) is 11.0 Å². The highest BCUT2D eigenvalue weighted by molar-refractivity contribution is 5.84. The molecule has 0 bridgehead atoms. The lowest BCUT2D eigenvalue weighted by molar-refractivity contribution is -0.140. The lowest BCUT2D eigenvalue weighted by Crippen LogP contribution is -2.37. The van der Waals surface area contributed by atoms with Crippen LogP contribution < -0.4 is 5.32 Å². The SMILES string of the molecule is Cc1oc2ccccc2c1CC(NC=O)C(=O)O. The molecule has 0 spiro atoms. The predicted octanol–water partition coefficient (Wildman–Crippen LogP) is 1.48. The van der Waals surface area contributed by atoms with E-state index in [9.17, 15) is 9.59 Å². The fourth-order valence-electron chi connectivity index (χ4n) is 1.98. The molecule has 5 heteroatoms. The van der Waals surface area contributed by atoms with Crippen molar-refractivity contribution < 1.29 is 19.1 Å². The minimum absolute atomic E-state index is 0.205. The Kier molecular flexibility index (Phi) is 3.32. The molecule has 2 N–H and O–H groups in total. The Morgan fingerprint density at radius 1 is 1.50 bits per heavy atom. The van der Waals surface area contributed by atoms with Crippen LogP contribution in [0.15, 0.2) is 28.7 Å². The van der Waals surface area contributed by atoms with E-state index >= 15 is 0 Å². The van der Waals surface area contributed by atoms with Gasteiger partial charge in [0.2, 0.25) is 6.41 Å². The zero-order valence-corrected chi connectivity index (χ0v) is 9.84. The third-order valence-electron chi connectivity index (χ3n) is 2.88. The van der Waals surface area contributed by atoms with Crippen molar-refractivity contribution in [1.29, 1.82) is 0 Å². The number of aryl methyl sites for hydroxylation is 1. The van der Waals surface area contributed by atoms with E-state index in [2.05, 4.69) is 5.32 Å². The Bertz CT molecular complexity index is 588. The molecule has 0 aliphatic rings. The number of amides is 1. The third kappa shape index (κ3) is 2.20. The Labute approximate surface area is 103 Å². The van der Waals surface area contributed by atoms with Gasteiger partial charge in [0, 0.05) is 17.4 Å². The number of furan rings is 1. The van der Waals surface area contributed by atoms with Gasteiger partial charge < -0.3 is 14.8 Å². The molecule has 0 saturated heterocycles. The summed E-state index contributed by atoms with van der Waals surface area (Å²) in [5, 5.41) is 12.2. The van der Waals surface area contributed by atoms with Crippen molar-refractivity contribution in [3.63, 3.8) is 0 Å². The van der Waals surface area contributed by atoms with E-state index in [0.29, 0.717) is 12.2 Å². The van der Waals surface area contributed by atoms with Crippen molar-refractivity contribution in [2.45, 2.75) is 19.4 Å². The number of carbonyl (C=O) groups excluding carboxylic acids is 1. The van der Waals surface area contributed by atoms with Crippen LogP contribution in [0.3, 0.4) is 0 Å². The number of carboxylic acid groups (broad SMARTS) is 1. The molecule has 1 aromatic carbocycles. The van der Waals surface area contributed by atoms with Gasteiger partial charge in [0.15, 0.2) is 0 Å². The first kappa shape index (κ1) is 12.2. The highest BCUT2D eigenvalue weighted by atomic mass is 16.4. The van der Waals surface area contributed by atoms with E-state index < -0.39 is 12.0 Å². The topological polar surface area (TPSA) is 79.5 Å². The smallest absolute Gasteiger partial charge is 0.326 e. The van der Waals surface area contributed by atoms with E-state index in [-0.39, 0.29) is 6.42 Å². The first-order valence-corrected chi connectivity index (χ1v) is 5.53. The molecule has 1 heterocycles. The Hall–Kier alpha value is -2.30. The lowest BCUT2D eigenvalue weighted by Gasteiger charge is -2.10. The second-order valence-corrected chi connectivity index (χ2v) is 4.01. The summed E-state index contributed by atoms with van der Waals surface area (Å²) in [4.78, 5) is 21.4. The molecule has 0 radical (unpaired) electrons. The summed E-state index contributed by atoms with van der Waals surface area (Å²) >= 11 is 0. The minimum atomic E-state index is -1.06. The zero-order chi connectivity index (χ0) is 13.1. The molecule has 5 nitrogen and oxygen atoms in total. The van der Waals surface area contributed by atoms with E-state index in [1.807, 2.05) is 24.3 Å². The second kappa shape index (κ2) is 4.91. The fourth-order valence-corrected chi connectivity index (χ4v) is 1.98. The summed E-state index contributed by atoms with van der Waals surface area (Å²) in [6.07, 6.45) is 0.604. The van der Waals surface area contributed by atoms with Crippen LogP contribution in [0.4, 0.5) is 0 Å². The highest BCUT2D eigenvalue weighted by Crippen LogP contribution is 2.26. The lowest BCUT2D eigenvalue weighted by atomic mass is 10.0. The molecule has 0 aliphatic carbocycles. The maximum atomic E-state index is 11.0. The van der Waals surface area contributed by atoms with Gasteiger partial charge in [-0.3, -0.25) is 4.79 Å². The molecule has 18 heavy (non-hydrogen) atoms. The van der Waals surface area contributed by atoms with Crippen molar-refractivity contribution in [1.82, 2.24) is 5.32 Å². The summed E-state index contributed by atoms with van der Waals surface area (Å²) in [6, 6.07) is 6.48. The minimum Gasteiger partial charge on any atom is -0.480 e. The van der Waals surface area contributed by atoms with Crippen LogP contribution in [0.2, 0.25) is 0 Å². The number of fused-ring (bicyclic) bond motifs is 1. The summed E-state index contributed by atoms with van der Waals surface area (Å²) in [5.74, 6) is -0.387. The van der Waals surface area contributed by atoms with Crippen LogP contribution in [-0.4, -0.2) is 23.5 Å². The quantitative estimate of drug-likeness (QED) is 0.784. The van der Waals surface area contributed by atoms with Crippen LogP contribution in [0.1, 0.15) is 11.3 Å². The second-order valence-electron chi connectivity index (χ2n) is 4.01. The fraction of sp³-hybridized carbons (Fsp3) is 0.231. The van der Waals surface area contributed by atoms with E-state index in [0.717, 1.165) is 16.5 Å². The normalized spacial score (nSPS) is 12.3. The number of benzene rings is 1. The largest absolute Gasteiger partial charge is 0.480 e. The van der Waals surface area contributed by atoms with Gasteiger partial charge in [0.1, 0.15) is 17.4 Å². The molecule has 2 rings (SSSR count). The van der Waals surface area contributed by atoms with Crippen LogP contribution in [-0.2, 0) is 16.0 Å². The molecule has 0 saturated carbocycles.